The van der Waals surface area contributed by atoms with Gasteiger partial charge in [0.2, 0.25) is 6.16 Å². The third-order valence-corrected chi connectivity index (χ3v) is 0. The standard InChI is InChI=1S/CH2O3.Ca.H3N/c2-1(3)4;;/h(H2,2,3,4);;1H3/q;+1;/p-1. The van der Waals surface area contributed by atoms with E-state index in [9.17, 15) is 0 Å². The van der Waals surface area contributed by atoms with Crippen molar-refractivity contribution in [3.05, 3.63) is 0 Å². The molecule has 5 heteroatoms. The van der Waals surface area contributed by atoms with Gasteiger partial charge in [0.1, 0.15) is 0 Å². The van der Waals surface area contributed by atoms with Crippen molar-refractivity contribution in [2.75, 3.05) is 0 Å². The summed E-state index contributed by atoms with van der Waals surface area (Å²) in [4.78, 5) is 8.44. The first-order chi connectivity index (χ1) is 1.73. The van der Waals surface area contributed by atoms with Crippen LogP contribution in [0.25, 0.3) is 0 Å². The quantitative estimate of drug-likeness (QED) is 0.385. The van der Waals surface area contributed by atoms with Crippen LogP contribution in [0.3, 0.4) is 0 Å². The molecule has 0 aromatic rings. The summed E-state index contributed by atoms with van der Waals surface area (Å²) in [6, 6.07) is 0. The first-order valence-corrected chi connectivity index (χ1v) is 0.632. The Morgan fingerprint density at radius 3 is 1.67 bits per heavy atom. The monoisotopic (exact) mass is 118 g/mol. The van der Waals surface area contributed by atoms with Gasteiger partial charge in [-0.2, -0.15) is 0 Å². The first-order valence-electron chi connectivity index (χ1n) is 0.632. The molecule has 0 amide bonds. The van der Waals surface area contributed by atoms with E-state index in [4.69, 9.17) is 15.0 Å². The van der Waals surface area contributed by atoms with Crippen molar-refractivity contribution in [2.24, 2.45) is 0 Å². The maximum Gasteiger partial charge on any atom is 1.00 e. The van der Waals surface area contributed by atoms with Crippen LogP contribution in [-0.2, 0) is 0 Å². The SMILES string of the molecule is N.O=C([O-])O.[Ca+]. The van der Waals surface area contributed by atoms with E-state index in [2.05, 4.69) is 0 Å². The predicted octanol–water partition coefficient (Wildman–Crippen LogP) is -1.33. The van der Waals surface area contributed by atoms with Crippen molar-refractivity contribution in [3.63, 3.8) is 0 Å². The maximum absolute atomic E-state index is 8.44. The molecule has 6 heavy (non-hydrogen) atoms. The van der Waals surface area contributed by atoms with E-state index in [1.165, 1.54) is 0 Å². The third kappa shape index (κ3) is 228. The van der Waals surface area contributed by atoms with E-state index >= 15 is 0 Å². The molecule has 1 radical (unpaired) electrons. The molecule has 0 aliphatic rings. The van der Waals surface area contributed by atoms with Gasteiger partial charge in [-0.1, -0.05) is 0 Å². The molecule has 0 aliphatic carbocycles. The van der Waals surface area contributed by atoms with Gasteiger partial charge in [0.15, 0.2) is 0 Å². The van der Waals surface area contributed by atoms with E-state index in [-0.39, 0.29) is 43.9 Å². The zero-order valence-corrected chi connectivity index (χ0v) is 5.39. The molecule has 33 valence electrons. The molecule has 0 aromatic heterocycles. The van der Waals surface area contributed by atoms with Crippen molar-refractivity contribution in [1.82, 2.24) is 6.15 Å². The Bertz CT molecular complexity index is 33.8. The fraction of sp³-hybridized carbons (Fsp3) is 0. The number of hydrogen-bond acceptors (Lipinski definition) is 3. The molecule has 0 heterocycles. The van der Waals surface area contributed by atoms with Gasteiger partial charge in [0.05, 0.1) is 0 Å². The van der Waals surface area contributed by atoms with E-state index < -0.39 is 6.16 Å². The van der Waals surface area contributed by atoms with E-state index in [1.54, 1.807) is 0 Å². The average Bonchev–Trinajstić information content (AvgIpc) is 0.811. The number of rotatable bonds is 0. The van der Waals surface area contributed by atoms with Crippen molar-refractivity contribution in [2.45, 2.75) is 0 Å². The molecule has 0 atom stereocenters. The molecular formula is CH4CaNO3. The van der Waals surface area contributed by atoms with Gasteiger partial charge in [-0.3, -0.25) is 0 Å². The summed E-state index contributed by atoms with van der Waals surface area (Å²) in [5.74, 6) is 0. The molecule has 0 saturated heterocycles. The van der Waals surface area contributed by atoms with Crippen molar-refractivity contribution in [3.8, 4) is 0 Å². The number of carbonyl (C=O) groups is 1. The topological polar surface area (TPSA) is 95.4 Å². The normalized spacial score (nSPS) is 4.00. The van der Waals surface area contributed by atoms with Crippen LogP contribution < -0.4 is 11.3 Å². The fourth-order valence-electron chi connectivity index (χ4n) is 0. The zero-order chi connectivity index (χ0) is 3.58. The summed E-state index contributed by atoms with van der Waals surface area (Å²) >= 11 is 0. The zero-order valence-electron chi connectivity index (χ0n) is 3.18. The van der Waals surface area contributed by atoms with Gasteiger partial charge in [0, 0.05) is 0 Å². The van der Waals surface area contributed by atoms with Crippen molar-refractivity contribution >= 4 is 43.9 Å². The maximum atomic E-state index is 8.44. The van der Waals surface area contributed by atoms with Crippen LogP contribution in [-0.4, -0.2) is 49.0 Å². The summed E-state index contributed by atoms with van der Waals surface area (Å²) in [5, 5.41) is 15.3. The Labute approximate surface area is 64.7 Å². The third-order valence-electron chi connectivity index (χ3n) is 0. The van der Waals surface area contributed by atoms with Gasteiger partial charge in [-0.05, 0) is 0 Å². The van der Waals surface area contributed by atoms with Crippen LogP contribution in [0.5, 0.6) is 0 Å². The Morgan fingerprint density at radius 2 is 1.67 bits per heavy atom. The summed E-state index contributed by atoms with van der Waals surface area (Å²) in [6.45, 7) is 0. The van der Waals surface area contributed by atoms with E-state index in [0.29, 0.717) is 0 Å². The van der Waals surface area contributed by atoms with Crippen LogP contribution >= 0.6 is 0 Å². The minimum Gasteiger partial charge on any atom is -0.565 e. The summed E-state index contributed by atoms with van der Waals surface area (Å²) in [5.41, 5.74) is 0. The molecule has 0 unspecified atom stereocenters. The van der Waals surface area contributed by atoms with Gasteiger partial charge in [0.25, 0.3) is 0 Å². The van der Waals surface area contributed by atoms with Crippen LogP contribution in [0.2, 0.25) is 0 Å². The minimum atomic E-state index is -2.08. The second kappa shape index (κ2) is 9.09. The molecule has 0 aromatic carbocycles. The molecule has 0 saturated carbocycles. The summed E-state index contributed by atoms with van der Waals surface area (Å²) < 4.78 is 0. The van der Waals surface area contributed by atoms with Crippen LogP contribution in [0.1, 0.15) is 0 Å². The Morgan fingerprint density at radius 1 is 1.67 bits per heavy atom. The largest absolute Gasteiger partial charge is 1.00 e. The van der Waals surface area contributed by atoms with E-state index in [1.807, 2.05) is 0 Å². The molecule has 0 fully saturated rings. The van der Waals surface area contributed by atoms with Crippen LogP contribution in [0, 0.1) is 0 Å². The minimum absolute atomic E-state index is 0. The molecule has 0 spiro atoms. The number of hydrogen-bond donors (Lipinski definition) is 2. The van der Waals surface area contributed by atoms with Crippen molar-refractivity contribution in [1.29, 1.82) is 0 Å². The van der Waals surface area contributed by atoms with Gasteiger partial charge >= 0.3 is 37.7 Å². The van der Waals surface area contributed by atoms with Gasteiger partial charge in [-0.15, -0.1) is 0 Å². The van der Waals surface area contributed by atoms with E-state index in [0.717, 1.165) is 0 Å². The van der Waals surface area contributed by atoms with Crippen LogP contribution in [0.4, 0.5) is 4.79 Å². The summed E-state index contributed by atoms with van der Waals surface area (Å²) in [7, 11) is 0. The van der Waals surface area contributed by atoms with Crippen LogP contribution in [0.15, 0.2) is 0 Å². The summed E-state index contributed by atoms with van der Waals surface area (Å²) in [6.07, 6.45) is -2.08. The molecule has 4 nitrogen and oxygen atoms in total. The second-order valence-corrected chi connectivity index (χ2v) is 0.266. The molecule has 0 bridgehead atoms. The average molecular weight is 118 g/mol. The Kier molecular flexibility index (Phi) is 24.3. The first kappa shape index (κ1) is 16.1. The molecule has 0 aliphatic heterocycles. The molecule has 4 N–H and O–H groups in total. The second-order valence-electron chi connectivity index (χ2n) is 0.266. The Hall–Kier alpha value is 0.490. The number of carboxylic acid groups (broad SMARTS) is 2. The predicted molar refractivity (Wildman–Crippen MR) is 18.8 cm³/mol. The van der Waals surface area contributed by atoms with Gasteiger partial charge < -0.3 is 21.2 Å². The molecular weight excluding hydrogens is 114 g/mol. The van der Waals surface area contributed by atoms with Gasteiger partial charge in [-0.25, -0.2) is 0 Å². The smallest absolute Gasteiger partial charge is 0.565 e. The van der Waals surface area contributed by atoms with Crippen molar-refractivity contribution < 1.29 is 15.0 Å². The molecule has 0 rings (SSSR count). The Balaban J connectivity index is -0.0000000450. The fourth-order valence-corrected chi connectivity index (χ4v) is 0.